The minimum atomic E-state index is -0.658. The summed E-state index contributed by atoms with van der Waals surface area (Å²) in [5.74, 6) is -0.0538. The Morgan fingerprint density at radius 2 is 2.35 bits per heavy atom. The van der Waals surface area contributed by atoms with Gasteiger partial charge in [0.15, 0.2) is 0 Å². The highest BCUT2D eigenvalue weighted by Crippen LogP contribution is 2.15. The number of aliphatic hydroxyl groups excluding tert-OH is 1. The van der Waals surface area contributed by atoms with Gasteiger partial charge < -0.3 is 16.2 Å². The van der Waals surface area contributed by atoms with Crippen LogP contribution in [0, 0.1) is 5.92 Å². The minimum absolute atomic E-state index is 0.147. The Bertz CT molecular complexity index is 340. The molecule has 1 rings (SSSR count). The molecule has 0 aromatic carbocycles. The molecule has 0 saturated carbocycles. The highest BCUT2D eigenvalue weighted by atomic mass is 32.1. The van der Waals surface area contributed by atoms with E-state index in [0.717, 1.165) is 12.0 Å². The van der Waals surface area contributed by atoms with Crippen molar-refractivity contribution in [3.63, 3.8) is 0 Å². The molecule has 4 nitrogen and oxygen atoms in total. The molecule has 3 unspecified atom stereocenters. The van der Waals surface area contributed by atoms with E-state index >= 15 is 0 Å². The van der Waals surface area contributed by atoms with Crippen LogP contribution in [0.1, 0.15) is 31.9 Å². The van der Waals surface area contributed by atoms with E-state index in [2.05, 4.69) is 5.32 Å². The normalized spacial score (nSPS) is 16.2. The molecule has 1 amide bonds. The number of hydrogen-bond donors (Lipinski definition) is 3. The lowest BCUT2D eigenvalue weighted by Crippen LogP contribution is -2.45. The SMILES string of the molecule is CCC(C)C(N)C(=O)NCC(O)c1ccsc1. The van der Waals surface area contributed by atoms with Gasteiger partial charge >= 0.3 is 0 Å². The highest BCUT2D eigenvalue weighted by Gasteiger charge is 2.20. The molecule has 0 aliphatic rings. The Labute approximate surface area is 106 Å². The summed E-state index contributed by atoms with van der Waals surface area (Å²) in [5.41, 5.74) is 6.61. The zero-order chi connectivity index (χ0) is 12.8. The van der Waals surface area contributed by atoms with Crippen LogP contribution in [0.2, 0.25) is 0 Å². The van der Waals surface area contributed by atoms with Gasteiger partial charge in [0.1, 0.15) is 0 Å². The second kappa shape index (κ2) is 6.74. The number of aliphatic hydroxyl groups is 1. The van der Waals surface area contributed by atoms with Crippen LogP contribution in [-0.4, -0.2) is 23.6 Å². The van der Waals surface area contributed by atoms with Crippen LogP contribution in [0.3, 0.4) is 0 Å². The van der Waals surface area contributed by atoms with Crippen LogP contribution in [0.15, 0.2) is 16.8 Å². The average Bonchev–Trinajstić information content (AvgIpc) is 2.87. The Morgan fingerprint density at radius 3 is 2.88 bits per heavy atom. The Hall–Kier alpha value is -0.910. The highest BCUT2D eigenvalue weighted by molar-refractivity contribution is 7.07. The third-order valence-corrected chi connectivity index (χ3v) is 3.66. The lowest BCUT2D eigenvalue weighted by Gasteiger charge is -2.18. The quantitative estimate of drug-likeness (QED) is 0.717. The van der Waals surface area contributed by atoms with Crippen molar-refractivity contribution in [2.24, 2.45) is 11.7 Å². The van der Waals surface area contributed by atoms with Crippen LogP contribution >= 0.6 is 11.3 Å². The molecule has 1 aromatic rings. The first-order valence-corrected chi connectivity index (χ1v) is 6.74. The fraction of sp³-hybridized carbons (Fsp3) is 0.583. The molecule has 0 fully saturated rings. The number of thiophene rings is 1. The number of nitrogens with one attached hydrogen (secondary N) is 1. The molecule has 0 saturated heterocycles. The van der Waals surface area contributed by atoms with Crippen molar-refractivity contribution in [2.75, 3.05) is 6.54 Å². The second-order valence-electron chi connectivity index (χ2n) is 4.23. The third kappa shape index (κ3) is 4.11. The number of amides is 1. The summed E-state index contributed by atoms with van der Waals surface area (Å²) in [6.07, 6.45) is 0.205. The molecule has 1 heterocycles. The largest absolute Gasteiger partial charge is 0.387 e. The van der Waals surface area contributed by atoms with Crippen LogP contribution in [0.25, 0.3) is 0 Å². The van der Waals surface area contributed by atoms with Gasteiger partial charge in [0.25, 0.3) is 0 Å². The number of carbonyl (C=O) groups is 1. The van der Waals surface area contributed by atoms with Crippen molar-refractivity contribution in [1.82, 2.24) is 5.32 Å². The summed E-state index contributed by atoms with van der Waals surface area (Å²) < 4.78 is 0. The summed E-state index contributed by atoms with van der Waals surface area (Å²) in [6, 6.07) is 1.34. The molecule has 96 valence electrons. The predicted octanol–water partition coefficient (Wildman–Crippen LogP) is 1.27. The first-order chi connectivity index (χ1) is 8.06. The Balaban J connectivity index is 2.38. The lowest BCUT2D eigenvalue weighted by atomic mass is 9.99. The van der Waals surface area contributed by atoms with Gasteiger partial charge in [0.2, 0.25) is 5.91 Å². The maximum atomic E-state index is 11.7. The van der Waals surface area contributed by atoms with Gasteiger partial charge in [-0.3, -0.25) is 4.79 Å². The molecule has 0 bridgehead atoms. The summed E-state index contributed by atoms with van der Waals surface area (Å²) >= 11 is 1.52. The van der Waals surface area contributed by atoms with Crippen molar-refractivity contribution in [1.29, 1.82) is 0 Å². The molecule has 0 aliphatic heterocycles. The zero-order valence-corrected chi connectivity index (χ0v) is 11.0. The number of carbonyl (C=O) groups excluding carboxylic acids is 1. The van der Waals surface area contributed by atoms with Crippen LogP contribution < -0.4 is 11.1 Å². The van der Waals surface area contributed by atoms with Crippen molar-refractivity contribution in [3.8, 4) is 0 Å². The van der Waals surface area contributed by atoms with Gasteiger partial charge in [-0.1, -0.05) is 20.3 Å². The molecular formula is C12H20N2O2S. The summed E-state index contributed by atoms with van der Waals surface area (Å²) in [5, 5.41) is 16.2. The Morgan fingerprint density at radius 1 is 1.65 bits per heavy atom. The fourth-order valence-corrected chi connectivity index (χ4v) is 2.12. The average molecular weight is 256 g/mol. The van der Waals surface area contributed by atoms with E-state index in [1.165, 1.54) is 11.3 Å². The molecule has 0 radical (unpaired) electrons. The molecule has 17 heavy (non-hydrogen) atoms. The molecular weight excluding hydrogens is 236 g/mol. The van der Waals surface area contributed by atoms with Crippen LogP contribution in [0.5, 0.6) is 0 Å². The van der Waals surface area contributed by atoms with Crippen molar-refractivity contribution < 1.29 is 9.90 Å². The van der Waals surface area contributed by atoms with Crippen LogP contribution in [-0.2, 0) is 4.79 Å². The first-order valence-electron chi connectivity index (χ1n) is 5.79. The van der Waals surface area contributed by atoms with Gasteiger partial charge in [0, 0.05) is 6.54 Å². The number of hydrogen-bond acceptors (Lipinski definition) is 4. The first kappa shape index (κ1) is 14.2. The molecule has 1 aromatic heterocycles. The van der Waals surface area contributed by atoms with Gasteiger partial charge in [-0.25, -0.2) is 0 Å². The summed E-state index contributed by atoms with van der Waals surface area (Å²) in [7, 11) is 0. The Kier molecular flexibility index (Phi) is 5.61. The maximum absolute atomic E-state index is 11.7. The van der Waals surface area contributed by atoms with Crippen molar-refractivity contribution in [3.05, 3.63) is 22.4 Å². The van der Waals surface area contributed by atoms with Crippen molar-refractivity contribution >= 4 is 17.2 Å². The van der Waals surface area contributed by atoms with E-state index in [1.54, 1.807) is 0 Å². The van der Waals surface area contributed by atoms with E-state index in [1.807, 2.05) is 30.7 Å². The molecule has 0 spiro atoms. The van der Waals surface area contributed by atoms with Gasteiger partial charge in [-0.05, 0) is 28.3 Å². The molecule has 0 aliphatic carbocycles. The number of rotatable bonds is 6. The summed E-state index contributed by atoms with van der Waals surface area (Å²) in [6.45, 7) is 4.15. The molecule has 4 N–H and O–H groups in total. The van der Waals surface area contributed by atoms with E-state index < -0.39 is 12.1 Å². The monoisotopic (exact) mass is 256 g/mol. The lowest BCUT2D eigenvalue weighted by molar-refractivity contribution is -0.123. The van der Waals surface area contributed by atoms with E-state index in [4.69, 9.17) is 5.73 Å². The van der Waals surface area contributed by atoms with Gasteiger partial charge in [-0.2, -0.15) is 11.3 Å². The third-order valence-electron chi connectivity index (χ3n) is 2.96. The smallest absolute Gasteiger partial charge is 0.237 e. The standard InChI is InChI=1S/C12H20N2O2S/c1-3-8(2)11(13)12(16)14-6-10(15)9-4-5-17-7-9/h4-5,7-8,10-11,15H,3,6,13H2,1-2H3,(H,14,16). The molecule has 3 atom stereocenters. The van der Waals surface area contributed by atoms with E-state index in [9.17, 15) is 9.90 Å². The summed E-state index contributed by atoms with van der Waals surface area (Å²) in [4.78, 5) is 11.7. The second-order valence-corrected chi connectivity index (χ2v) is 5.01. The predicted molar refractivity (Wildman–Crippen MR) is 69.7 cm³/mol. The molecule has 5 heteroatoms. The number of nitrogens with two attached hydrogens (primary N) is 1. The van der Waals surface area contributed by atoms with Gasteiger partial charge in [0.05, 0.1) is 12.1 Å². The van der Waals surface area contributed by atoms with Crippen LogP contribution in [0.4, 0.5) is 0 Å². The van der Waals surface area contributed by atoms with Gasteiger partial charge in [-0.15, -0.1) is 0 Å². The van der Waals surface area contributed by atoms with E-state index in [-0.39, 0.29) is 18.4 Å². The van der Waals surface area contributed by atoms with Crippen molar-refractivity contribution in [2.45, 2.75) is 32.4 Å². The van der Waals surface area contributed by atoms with E-state index in [0.29, 0.717) is 0 Å². The topological polar surface area (TPSA) is 75.4 Å². The minimum Gasteiger partial charge on any atom is -0.387 e. The maximum Gasteiger partial charge on any atom is 0.237 e. The zero-order valence-electron chi connectivity index (χ0n) is 10.2. The fourth-order valence-electron chi connectivity index (χ4n) is 1.41.